The van der Waals surface area contributed by atoms with Crippen molar-refractivity contribution in [1.29, 1.82) is 0 Å². The average molecular weight is 410 g/mol. The number of aryl methyl sites for hydroxylation is 1. The van der Waals surface area contributed by atoms with Gasteiger partial charge in [0.15, 0.2) is 15.4 Å². The fourth-order valence-electron chi connectivity index (χ4n) is 2.48. The molecule has 26 heavy (non-hydrogen) atoms. The average Bonchev–Trinajstić information content (AvgIpc) is 3.25. The van der Waals surface area contributed by atoms with E-state index in [-0.39, 0.29) is 6.10 Å². The van der Waals surface area contributed by atoms with E-state index in [9.17, 15) is 0 Å². The summed E-state index contributed by atoms with van der Waals surface area (Å²) in [7, 11) is 0. The summed E-state index contributed by atoms with van der Waals surface area (Å²) in [5.74, 6) is 0. The molecular formula is C17H20ClN5OS2. The van der Waals surface area contributed by atoms with Crippen molar-refractivity contribution in [1.82, 2.24) is 15.7 Å². The summed E-state index contributed by atoms with van der Waals surface area (Å²) in [6, 6.07) is 8.00. The van der Waals surface area contributed by atoms with Gasteiger partial charge in [-0.05, 0) is 43.6 Å². The molecule has 0 aliphatic carbocycles. The maximum atomic E-state index is 6.19. The van der Waals surface area contributed by atoms with Crippen molar-refractivity contribution in [3.63, 3.8) is 0 Å². The van der Waals surface area contributed by atoms with Crippen LogP contribution in [0.25, 0.3) is 0 Å². The Balaban J connectivity index is 1.51. The molecule has 0 saturated carbocycles. The number of rotatable bonds is 6. The minimum absolute atomic E-state index is 0.227. The number of benzene rings is 1. The molecule has 1 aliphatic heterocycles. The van der Waals surface area contributed by atoms with Crippen LogP contribution in [0.15, 0.2) is 29.4 Å². The van der Waals surface area contributed by atoms with Crippen LogP contribution in [0.5, 0.6) is 0 Å². The Hall–Kier alpha value is -1.74. The summed E-state index contributed by atoms with van der Waals surface area (Å²) in [5.41, 5.74) is 4.92. The van der Waals surface area contributed by atoms with Crippen molar-refractivity contribution in [3.05, 3.63) is 39.9 Å². The Labute approximate surface area is 167 Å². The van der Waals surface area contributed by atoms with Gasteiger partial charge < -0.3 is 15.4 Å². The van der Waals surface area contributed by atoms with E-state index < -0.39 is 0 Å². The quantitative estimate of drug-likeness (QED) is 0.382. The molecule has 3 rings (SSSR count). The van der Waals surface area contributed by atoms with Gasteiger partial charge in [-0.3, -0.25) is 5.43 Å². The van der Waals surface area contributed by atoms with E-state index in [1.165, 1.54) is 11.3 Å². The number of hydrogen-bond acceptors (Lipinski definition) is 6. The molecule has 1 aromatic heterocycles. The Bertz CT molecular complexity index is 789. The fraction of sp³-hybridized carbons (Fsp3) is 0.353. The van der Waals surface area contributed by atoms with Gasteiger partial charge in [0.2, 0.25) is 0 Å². The van der Waals surface area contributed by atoms with Gasteiger partial charge in [-0.25, -0.2) is 4.98 Å². The summed E-state index contributed by atoms with van der Waals surface area (Å²) >= 11 is 12.8. The number of halogens is 1. The highest BCUT2D eigenvalue weighted by Crippen LogP contribution is 2.28. The molecule has 3 N–H and O–H groups in total. The third-order valence-electron chi connectivity index (χ3n) is 3.86. The third kappa shape index (κ3) is 5.38. The minimum atomic E-state index is 0.227. The zero-order valence-corrected chi connectivity index (χ0v) is 16.7. The van der Waals surface area contributed by atoms with Crippen LogP contribution in [0, 0.1) is 6.92 Å². The van der Waals surface area contributed by atoms with Gasteiger partial charge in [0.25, 0.3) is 0 Å². The van der Waals surface area contributed by atoms with Crippen LogP contribution in [-0.2, 0) is 4.74 Å². The summed E-state index contributed by atoms with van der Waals surface area (Å²) in [6.07, 6.45) is 4.01. The molecule has 2 heterocycles. The van der Waals surface area contributed by atoms with Crippen LogP contribution in [-0.4, -0.2) is 35.6 Å². The number of thiocarbonyl (C=S) groups is 1. The molecule has 9 heteroatoms. The normalized spacial score (nSPS) is 16.8. The highest BCUT2D eigenvalue weighted by atomic mass is 35.5. The molecule has 0 amide bonds. The van der Waals surface area contributed by atoms with E-state index in [0.717, 1.165) is 35.6 Å². The largest absolute Gasteiger partial charge is 0.376 e. The van der Waals surface area contributed by atoms with Gasteiger partial charge in [-0.1, -0.05) is 41.1 Å². The molecule has 1 aromatic carbocycles. The Kier molecular flexibility index (Phi) is 6.79. The van der Waals surface area contributed by atoms with Gasteiger partial charge in [-0.15, -0.1) is 0 Å². The lowest BCUT2D eigenvalue weighted by Gasteiger charge is -2.11. The summed E-state index contributed by atoms with van der Waals surface area (Å²) < 4.78 is 5.53. The van der Waals surface area contributed by atoms with E-state index >= 15 is 0 Å². The first-order valence-corrected chi connectivity index (χ1v) is 9.89. The predicted molar refractivity (Wildman–Crippen MR) is 112 cm³/mol. The molecule has 6 nitrogen and oxygen atoms in total. The number of nitrogens with zero attached hydrogens (tertiary/aromatic N) is 2. The zero-order chi connectivity index (χ0) is 18.4. The van der Waals surface area contributed by atoms with Crippen LogP contribution >= 0.6 is 35.2 Å². The predicted octanol–water partition coefficient (Wildman–Crippen LogP) is 3.83. The lowest BCUT2D eigenvalue weighted by atomic mass is 10.2. The number of hydrogen-bond donors (Lipinski definition) is 3. The van der Waals surface area contributed by atoms with Crippen LogP contribution in [0.3, 0.4) is 0 Å². The molecule has 138 valence electrons. The summed E-state index contributed by atoms with van der Waals surface area (Å²) in [6.45, 7) is 3.55. The number of hydrazone groups is 1. The number of para-hydroxylation sites is 1. The highest BCUT2D eigenvalue weighted by molar-refractivity contribution is 7.80. The van der Waals surface area contributed by atoms with Crippen LogP contribution in [0.1, 0.15) is 23.3 Å². The molecule has 1 aliphatic rings. The molecule has 0 unspecified atom stereocenters. The van der Waals surface area contributed by atoms with Gasteiger partial charge in [-0.2, -0.15) is 5.10 Å². The number of ether oxygens (including phenoxy) is 1. The second kappa shape index (κ2) is 9.27. The lowest BCUT2D eigenvalue weighted by molar-refractivity contribution is 0.114. The first-order chi connectivity index (χ1) is 12.6. The Morgan fingerprint density at radius 2 is 2.35 bits per heavy atom. The molecule has 0 bridgehead atoms. The van der Waals surface area contributed by atoms with Crippen molar-refractivity contribution in [2.45, 2.75) is 25.9 Å². The topological polar surface area (TPSA) is 70.6 Å². The van der Waals surface area contributed by atoms with Crippen molar-refractivity contribution < 1.29 is 4.74 Å². The van der Waals surface area contributed by atoms with Gasteiger partial charge in [0, 0.05) is 18.8 Å². The van der Waals surface area contributed by atoms with Crippen LogP contribution in [0.4, 0.5) is 10.8 Å². The van der Waals surface area contributed by atoms with Crippen molar-refractivity contribution in [2.75, 3.05) is 18.5 Å². The van der Waals surface area contributed by atoms with Gasteiger partial charge in [0.05, 0.1) is 17.2 Å². The number of aromatic nitrogens is 1. The van der Waals surface area contributed by atoms with E-state index in [0.29, 0.717) is 21.9 Å². The maximum Gasteiger partial charge on any atom is 0.189 e. The maximum absolute atomic E-state index is 6.19. The van der Waals surface area contributed by atoms with E-state index in [2.05, 4.69) is 26.1 Å². The smallest absolute Gasteiger partial charge is 0.189 e. The molecule has 1 saturated heterocycles. The second-order valence-electron chi connectivity index (χ2n) is 5.83. The minimum Gasteiger partial charge on any atom is -0.376 e. The van der Waals surface area contributed by atoms with E-state index in [1.807, 2.05) is 31.2 Å². The van der Waals surface area contributed by atoms with Crippen molar-refractivity contribution in [3.8, 4) is 0 Å². The fourth-order valence-corrected chi connectivity index (χ4v) is 3.65. The molecule has 0 radical (unpaired) electrons. The van der Waals surface area contributed by atoms with Crippen LogP contribution in [0.2, 0.25) is 5.15 Å². The van der Waals surface area contributed by atoms with E-state index in [4.69, 9.17) is 28.6 Å². The summed E-state index contributed by atoms with van der Waals surface area (Å²) in [4.78, 5) is 5.07. The summed E-state index contributed by atoms with van der Waals surface area (Å²) in [5, 5.41) is 12.1. The second-order valence-corrected chi connectivity index (χ2v) is 7.63. The SMILES string of the molecule is Cc1ccccc1Nc1nc(Cl)c(/C=N/NC(=S)NC[C@H]2CCCO2)s1. The zero-order valence-electron chi connectivity index (χ0n) is 14.3. The number of nitrogens with one attached hydrogen (secondary N) is 3. The molecule has 0 spiro atoms. The lowest BCUT2D eigenvalue weighted by Crippen LogP contribution is -2.37. The highest BCUT2D eigenvalue weighted by Gasteiger charge is 2.15. The Morgan fingerprint density at radius 1 is 1.50 bits per heavy atom. The first kappa shape index (κ1) is 19.0. The molecule has 1 fully saturated rings. The van der Waals surface area contributed by atoms with Crippen molar-refractivity contribution in [2.24, 2.45) is 5.10 Å². The van der Waals surface area contributed by atoms with Gasteiger partial charge >= 0.3 is 0 Å². The standard InChI is InChI=1S/C17H20ClN5OS2/c1-11-5-2-3-7-13(11)21-17-22-15(18)14(26-17)10-20-23-16(25)19-9-12-6-4-8-24-12/h2-3,5,7,10,12H,4,6,8-9H2,1H3,(H,21,22)(H2,19,23,25)/b20-10+/t12-/m1/s1. The monoisotopic (exact) mass is 409 g/mol. The van der Waals surface area contributed by atoms with Crippen molar-refractivity contribution >= 4 is 57.3 Å². The van der Waals surface area contributed by atoms with Gasteiger partial charge in [0.1, 0.15) is 0 Å². The first-order valence-electron chi connectivity index (χ1n) is 8.29. The number of thiazole rings is 1. The van der Waals surface area contributed by atoms with E-state index in [1.54, 1.807) is 6.21 Å². The Morgan fingerprint density at radius 3 is 3.12 bits per heavy atom. The van der Waals surface area contributed by atoms with Crippen LogP contribution < -0.4 is 16.1 Å². The molecule has 2 aromatic rings. The molecule has 1 atom stereocenters. The number of anilines is 2. The molecular weight excluding hydrogens is 390 g/mol. The third-order valence-corrected chi connectivity index (χ3v) is 5.40.